The molecule has 0 saturated heterocycles. The maximum atomic E-state index is 12.1. The summed E-state index contributed by atoms with van der Waals surface area (Å²) in [5.41, 5.74) is 1.22. The molecule has 410 valence electrons. The molecule has 0 amide bonds. The van der Waals surface area contributed by atoms with Crippen molar-refractivity contribution in [1.29, 1.82) is 0 Å². The molecule has 8 saturated carbocycles. The Labute approximate surface area is 450 Å². The van der Waals surface area contributed by atoms with Gasteiger partial charge >= 0.3 is 6.36 Å². The van der Waals surface area contributed by atoms with E-state index in [0.29, 0.717) is 33.9 Å². The van der Waals surface area contributed by atoms with Crippen LogP contribution in [0.25, 0.3) is 0 Å². The Kier molecular flexibility index (Phi) is 27.4. The lowest BCUT2D eigenvalue weighted by atomic mass is 9.68. The fourth-order valence-corrected chi connectivity index (χ4v) is 18.0. The van der Waals surface area contributed by atoms with Gasteiger partial charge in [-0.05, 0) is 224 Å². The molecule has 12 unspecified atom stereocenters. The molecule has 0 radical (unpaired) electrons. The molecule has 12 atom stereocenters. The fraction of sp³-hybridized carbons (Fsp3) is 0.968. The summed E-state index contributed by atoms with van der Waals surface area (Å²) in [6.07, 6.45) is 36.2. The number of halogens is 7. The van der Waals surface area contributed by atoms with Gasteiger partial charge in [-0.25, -0.2) is 0 Å². The van der Waals surface area contributed by atoms with Crippen LogP contribution in [0.4, 0.5) is 13.2 Å². The van der Waals surface area contributed by atoms with Gasteiger partial charge in [-0.2, -0.15) is 0 Å². The van der Waals surface area contributed by atoms with Crippen molar-refractivity contribution >= 4 is 46.4 Å². The van der Waals surface area contributed by atoms with Crippen LogP contribution in [0.2, 0.25) is 0 Å². The summed E-state index contributed by atoms with van der Waals surface area (Å²) < 4.78 is 40.2. The second kappa shape index (κ2) is 31.2. The molecule has 8 aliphatic rings. The van der Waals surface area contributed by atoms with Crippen molar-refractivity contribution < 1.29 is 17.9 Å². The molecule has 8 fully saturated rings. The average molecular weight is 1070 g/mol. The van der Waals surface area contributed by atoms with E-state index in [-0.39, 0.29) is 17.9 Å². The normalized spacial score (nSPS) is 42.9. The highest BCUT2D eigenvalue weighted by atomic mass is 35.5. The number of allylic oxidation sites excluding steroid dienone is 1. The molecule has 0 aliphatic heterocycles. The summed E-state index contributed by atoms with van der Waals surface area (Å²) in [4.78, 5) is 0. The summed E-state index contributed by atoms with van der Waals surface area (Å²) in [6.45, 7) is 20.1. The quantitative estimate of drug-likeness (QED) is 0.156. The van der Waals surface area contributed by atoms with Crippen LogP contribution in [0.3, 0.4) is 0 Å². The first kappa shape index (κ1) is 61.5. The molecule has 1 nitrogen and oxygen atoms in total. The van der Waals surface area contributed by atoms with Crippen molar-refractivity contribution in [2.75, 3.05) is 6.61 Å². The highest BCUT2D eigenvalue weighted by Crippen LogP contribution is 2.48. The fourth-order valence-electron chi connectivity index (χ4n) is 15.7. The average Bonchev–Trinajstić information content (AvgIpc) is 3.33. The van der Waals surface area contributed by atoms with E-state index in [2.05, 4.69) is 59.8 Å². The lowest BCUT2D eigenvalue weighted by Crippen LogP contribution is -2.34. The molecular weight excluding hydrogens is 959 g/mol. The number of rotatable bonds is 10. The van der Waals surface area contributed by atoms with E-state index < -0.39 is 6.36 Å². The van der Waals surface area contributed by atoms with E-state index in [1.807, 2.05) is 0 Å². The van der Waals surface area contributed by atoms with Gasteiger partial charge in [-0.15, -0.1) is 59.6 Å². The predicted molar refractivity (Wildman–Crippen MR) is 298 cm³/mol. The minimum atomic E-state index is -4.50. The largest absolute Gasteiger partial charge is 0.522 e. The van der Waals surface area contributed by atoms with E-state index >= 15 is 0 Å². The van der Waals surface area contributed by atoms with Gasteiger partial charge in [0.1, 0.15) is 0 Å². The number of ether oxygens (including phenoxy) is 1. The van der Waals surface area contributed by atoms with Crippen LogP contribution in [0.1, 0.15) is 248 Å². The van der Waals surface area contributed by atoms with Crippen molar-refractivity contribution in [2.45, 2.75) is 275 Å². The van der Waals surface area contributed by atoms with Crippen molar-refractivity contribution in [3.63, 3.8) is 0 Å². The van der Waals surface area contributed by atoms with Crippen LogP contribution in [-0.4, -0.2) is 34.5 Å². The SMILES string of the molecule is C=C(C)C1CCC(C2CCC(COC(F)(F)F)CC2)C(Cl)C1.CC1CCC(C2CCC(C)CC2Cl)CC1.CCC1CCC(C2CCC(C)CC2)C(Cl)C1.CCCC1CCC(C2CCC(C)CC2)C(Cl)C1. The smallest absolute Gasteiger partial charge is 0.292 e. The van der Waals surface area contributed by atoms with Gasteiger partial charge in [0.15, 0.2) is 0 Å². The number of alkyl halides is 7. The van der Waals surface area contributed by atoms with Crippen LogP contribution in [0.15, 0.2) is 12.2 Å². The minimum Gasteiger partial charge on any atom is -0.292 e. The lowest BCUT2D eigenvalue weighted by Gasteiger charge is -2.40. The van der Waals surface area contributed by atoms with Crippen molar-refractivity contribution in [2.24, 2.45) is 94.7 Å². The highest BCUT2D eigenvalue weighted by Gasteiger charge is 2.40. The lowest BCUT2D eigenvalue weighted by molar-refractivity contribution is -0.329. The van der Waals surface area contributed by atoms with Gasteiger partial charge in [0.2, 0.25) is 0 Å². The second-order valence-corrected chi connectivity index (χ2v) is 28.4. The van der Waals surface area contributed by atoms with Crippen LogP contribution in [0.5, 0.6) is 0 Å². The summed E-state index contributed by atoms with van der Waals surface area (Å²) in [5, 5.41) is 1.63. The van der Waals surface area contributed by atoms with Gasteiger partial charge in [0, 0.05) is 21.5 Å². The summed E-state index contributed by atoms with van der Waals surface area (Å²) in [5.74, 6) is 12.7. The standard InChI is InChI=1S/C17H26ClF3O.C16H29Cl.C15H27Cl.C14H25Cl/c1-11(2)14-7-8-15(16(18)9-14)13-5-3-12(4-6-13)10-22-17(19,20)21;1-3-4-13-7-10-15(16(17)11-13)14-8-5-12(2)6-9-14;1-3-12-6-9-14(15(16)10-12)13-7-4-11(2)5-8-13;1-10-3-6-12(7-4-10)13-8-5-11(2)9-14(13)15/h12-16H,1,3-10H2,2H3;12-16H,3-11H2,1-2H3;11-15H,3-10H2,1-2H3;10-14H,3-9H2,1-2H3. The van der Waals surface area contributed by atoms with E-state index in [9.17, 15) is 13.2 Å². The first-order valence-electron chi connectivity index (χ1n) is 30.3. The van der Waals surface area contributed by atoms with E-state index in [1.54, 1.807) is 0 Å². The van der Waals surface area contributed by atoms with Crippen molar-refractivity contribution in [3.8, 4) is 0 Å². The minimum absolute atomic E-state index is 0.0402. The topological polar surface area (TPSA) is 9.23 Å². The zero-order chi connectivity index (χ0) is 51.0. The first-order valence-corrected chi connectivity index (χ1v) is 32.0. The van der Waals surface area contributed by atoms with E-state index in [0.717, 1.165) is 116 Å². The zero-order valence-electron chi connectivity index (χ0n) is 45.9. The Morgan fingerprint density at radius 3 is 1.16 bits per heavy atom. The van der Waals surface area contributed by atoms with Gasteiger partial charge < -0.3 is 0 Å². The Balaban J connectivity index is 0.000000176. The molecule has 0 aromatic carbocycles. The molecule has 0 N–H and O–H groups in total. The third-order valence-electron chi connectivity index (χ3n) is 20.7. The zero-order valence-corrected chi connectivity index (χ0v) is 49.0. The van der Waals surface area contributed by atoms with E-state index in [1.165, 1.54) is 160 Å². The van der Waals surface area contributed by atoms with Crippen LogP contribution in [-0.2, 0) is 4.74 Å². The predicted octanol–water partition coefficient (Wildman–Crippen LogP) is 21.7. The molecule has 0 aromatic rings. The summed E-state index contributed by atoms with van der Waals surface area (Å²) in [7, 11) is 0. The highest BCUT2D eigenvalue weighted by molar-refractivity contribution is 6.21. The molecule has 0 heterocycles. The summed E-state index contributed by atoms with van der Waals surface area (Å²) >= 11 is 26.5. The number of hydrogen-bond acceptors (Lipinski definition) is 1. The van der Waals surface area contributed by atoms with Crippen LogP contribution >= 0.6 is 46.4 Å². The second-order valence-electron chi connectivity index (χ2n) is 26.1. The maximum absolute atomic E-state index is 12.1. The van der Waals surface area contributed by atoms with E-state index in [4.69, 9.17) is 46.4 Å². The van der Waals surface area contributed by atoms with Crippen LogP contribution < -0.4 is 0 Å². The third-order valence-corrected chi connectivity index (χ3v) is 22.7. The third kappa shape index (κ3) is 20.5. The molecule has 8 rings (SSSR count). The first-order chi connectivity index (χ1) is 33.3. The van der Waals surface area contributed by atoms with Gasteiger partial charge in [-0.1, -0.05) is 131 Å². The molecule has 0 bridgehead atoms. The monoisotopic (exact) mass is 1060 g/mol. The number of hydrogen-bond donors (Lipinski definition) is 0. The molecular formula is C62H107Cl4F3O. The van der Waals surface area contributed by atoms with Crippen molar-refractivity contribution in [3.05, 3.63) is 12.2 Å². The molecule has 8 heteroatoms. The van der Waals surface area contributed by atoms with Gasteiger partial charge in [0.25, 0.3) is 0 Å². The Hall–Kier alpha value is 0.650. The molecule has 0 aromatic heterocycles. The molecule has 8 aliphatic carbocycles. The Morgan fingerprint density at radius 1 is 0.443 bits per heavy atom. The Morgan fingerprint density at radius 2 is 0.786 bits per heavy atom. The van der Waals surface area contributed by atoms with Crippen molar-refractivity contribution in [1.82, 2.24) is 0 Å². The van der Waals surface area contributed by atoms with Gasteiger partial charge in [0.05, 0.1) is 6.61 Å². The maximum Gasteiger partial charge on any atom is 0.522 e. The Bertz CT molecular complexity index is 1410. The van der Waals surface area contributed by atoms with Crippen LogP contribution in [0, 0.1) is 94.7 Å². The summed E-state index contributed by atoms with van der Waals surface area (Å²) in [6, 6.07) is 0. The molecule has 0 spiro atoms. The van der Waals surface area contributed by atoms with Gasteiger partial charge in [-0.3, -0.25) is 4.74 Å². The molecule has 70 heavy (non-hydrogen) atoms.